The van der Waals surface area contributed by atoms with E-state index in [4.69, 9.17) is 5.73 Å². The van der Waals surface area contributed by atoms with E-state index in [1.54, 1.807) is 0 Å². The Morgan fingerprint density at radius 2 is 1.92 bits per heavy atom. The third-order valence-corrected chi connectivity index (χ3v) is 3.79. The molecule has 78 valence electrons. The molecule has 0 aliphatic heterocycles. The van der Waals surface area contributed by atoms with Crippen LogP contribution in [0.15, 0.2) is 0 Å². The van der Waals surface area contributed by atoms with Crippen molar-refractivity contribution in [3.05, 3.63) is 0 Å². The molecule has 0 aromatic rings. The zero-order valence-corrected chi connectivity index (χ0v) is 9.26. The van der Waals surface area contributed by atoms with Gasteiger partial charge in [-0.1, -0.05) is 39.5 Å². The molecule has 0 spiro atoms. The van der Waals surface area contributed by atoms with Gasteiger partial charge in [0.15, 0.2) is 0 Å². The molecule has 1 nitrogen and oxygen atoms in total. The molecule has 0 saturated heterocycles. The fourth-order valence-electron chi connectivity index (χ4n) is 2.58. The van der Waals surface area contributed by atoms with E-state index < -0.39 is 0 Å². The lowest BCUT2D eigenvalue weighted by Crippen LogP contribution is -2.28. The van der Waals surface area contributed by atoms with Crippen LogP contribution in [0.4, 0.5) is 0 Å². The minimum Gasteiger partial charge on any atom is -0.327 e. The number of hydrogen-bond acceptors (Lipinski definition) is 1. The molecule has 1 heteroatoms. The van der Waals surface area contributed by atoms with Gasteiger partial charge in [-0.15, -0.1) is 0 Å². The van der Waals surface area contributed by atoms with Crippen LogP contribution in [-0.4, -0.2) is 6.04 Å². The van der Waals surface area contributed by atoms with Crippen LogP contribution in [0.25, 0.3) is 0 Å². The van der Waals surface area contributed by atoms with Crippen molar-refractivity contribution in [3.8, 4) is 0 Å². The van der Waals surface area contributed by atoms with Crippen LogP contribution in [0.5, 0.6) is 0 Å². The third kappa shape index (κ3) is 3.30. The first-order valence-electron chi connectivity index (χ1n) is 6.03. The summed E-state index contributed by atoms with van der Waals surface area (Å²) in [5.74, 6) is 1.82. The highest BCUT2D eigenvalue weighted by molar-refractivity contribution is 4.76. The molecule has 3 unspecified atom stereocenters. The van der Waals surface area contributed by atoms with E-state index in [9.17, 15) is 0 Å². The first-order chi connectivity index (χ1) is 6.27. The highest BCUT2D eigenvalue weighted by Crippen LogP contribution is 2.30. The summed E-state index contributed by atoms with van der Waals surface area (Å²) in [4.78, 5) is 0. The fourth-order valence-corrected chi connectivity index (χ4v) is 2.58. The van der Waals surface area contributed by atoms with Crippen LogP contribution in [0.1, 0.15) is 58.8 Å². The molecule has 1 fully saturated rings. The second-order valence-electron chi connectivity index (χ2n) is 4.61. The highest BCUT2D eigenvalue weighted by Gasteiger charge is 2.21. The van der Waals surface area contributed by atoms with Gasteiger partial charge in [0.2, 0.25) is 0 Å². The quantitative estimate of drug-likeness (QED) is 0.667. The lowest BCUT2D eigenvalue weighted by molar-refractivity contribution is 0.358. The van der Waals surface area contributed by atoms with Crippen LogP contribution in [0, 0.1) is 11.8 Å². The minimum absolute atomic E-state index is 0.468. The molecule has 0 radical (unpaired) electrons. The largest absolute Gasteiger partial charge is 0.327 e. The van der Waals surface area contributed by atoms with Crippen LogP contribution in [0.2, 0.25) is 0 Å². The lowest BCUT2D eigenvalue weighted by Gasteiger charge is -2.20. The monoisotopic (exact) mass is 183 g/mol. The molecule has 1 rings (SSSR count). The van der Waals surface area contributed by atoms with Crippen LogP contribution in [0.3, 0.4) is 0 Å². The standard InChI is InChI=1S/C12H25N/c1-3-10-6-5-7-11(9-8-10)12(13)4-2/h10-12H,3-9,13H2,1-2H3. The van der Waals surface area contributed by atoms with Gasteiger partial charge in [-0.05, 0) is 31.1 Å². The van der Waals surface area contributed by atoms with Crippen molar-refractivity contribution in [2.75, 3.05) is 0 Å². The Bertz CT molecular complexity index is 133. The SMILES string of the molecule is CCC1CCCC(C(N)CC)CC1. The topological polar surface area (TPSA) is 26.0 Å². The van der Waals surface area contributed by atoms with Gasteiger partial charge in [-0.3, -0.25) is 0 Å². The molecule has 0 aromatic heterocycles. The molecule has 2 N–H and O–H groups in total. The summed E-state index contributed by atoms with van der Waals surface area (Å²) in [5, 5.41) is 0. The number of nitrogens with two attached hydrogens (primary N) is 1. The van der Waals surface area contributed by atoms with Crippen LogP contribution in [-0.2, 0) is 0 Å². The van der Waals surface area contributed by atoms with E-state index in [2.05, 4.69) is 13.8 Å². The molecule has 1 aliphatic rings. The Kier molecular flexibility index (Phi) is 4.79. The van der Waals surface area contributed by atoms with E-state index in [1.807, 2.05) is 0 Å². The third-order valence-electron chi connectivity index (χ3n) is 3.79. The minimum atomic E-state index is 0.468. The van der Waals surface area contributed by atoms with Gasteiger partial charge >= 0.3 is 0 Å². The molecule has 13 heavy (non-hydrogen) atoms. The molecule has 3 atom stereocenters. The van der Waals surface area contributed by atoms with Crippen molar-refractivity contribution < 1.29 is 0 Å². The Balaban J connectivity index is 2.35. The fraction of sp³-hybridized carbons (Fsp3) is 1.00. The summed E-state index contributed by atoms with van der Waals surface area (Å²) in [6.07, 6.45) is 9.57. The average molecular weight is 183 g/mol. The molecule has 1 saturated carbocycles. The van der Waals surface area contributed by atoms with Gasteiger partial charge in [0, 0.05) is 6.04 Å². The predicted molar refractivity (Wildman–Crippen MR) is 58.6 cm³/mol. The summed E-state index contributed by atoms with van der Waals surface area (Å²) in [7, 11) is 0. The van der Waals surface area contributed by atoms with Crippen molar-refractivity contribution in [1.29, 1.82) is 0 Å². The second kappa shape index (κ2) is 5.64. The Morgan fingerprint density at radius 3 is 2.54 bits per heavy atom. The molecule has 0 amide bonds. The van der Waals surface area contributed by atoms with E-state index in [-0.39, 0.29) is 0 Å². The van der Waals surface area contributed by atoms with Gasteiger partial charge in [0.05, 0.1) is 0 Å². The van der Waals surface area contributed by atoms with Crippen molar-refractivity contribution >= 4 is 0 Å². The summed E-state index contributed by atoms with van der Waals surface area (Å²) >= 11 is 0. The summed E-state index contributed by atoms with van der Waals surface area (Å²) < 4.78 is 0. The van der Waals surface area contributed by atoms with Gasteiger partial charge in [-0.2, -0.15) is 0 Å². The zero-order chi connectivity index (χ0) is 9.68. The molecular weight excluding hydrogens is 158 g/mol. The van der Waals surface area contributed by atoms with Gasteiger partial charge in [-0.25, -0.2) is 0 Å². The molecule has 0 heterocycles. The summed E-state index contributed by atoms with van der Waals surface area (Å²) in [5.41, 5.74) is 6.10. The zero-order valence-electron chi connectivity index (χ0n) is 9.26. The molecule has 0 bridgehead atoms. The number of rotatable bonds is 3. The summed E-state index contributed by atoms with van der Waals surface area (Å²) in [6.45, 7) is 4.54. The molecular formula is C12H25N. The van der Waals surface area contributed by atoms with Crippen molar-refractivity contribution in [2.45, 2.75) is 64.8 Å². The van der Waals surface area contributed by atoms with Crippen molar-refractivity contribution in [1.82, 2.24) is 0 Å². The first kappa shape index (κ1) is 11.0. The van der Waals surface area contributed by atoms with E-state index >= 15 is 0 Å². The smallest absolute Gasteiger partial charge is 0.00645 e. The van der Waals surface area contributed by atoms with Gasteiger partial charge in [0.1, 0.15) is 0 Å². The normalized spacial score (nSPS) is 32.5. The van der Waals surface area contributed by atoms with E-state index in [0.717, 1.165) is 18.3 Å². The van der Waals surface area contributed by atoms with Crippen LogP contribution < -0.4 is 5.73 Å². The van der Waals surface area contributed by atoms with E-state index in [0.29, 0.717) is 6.04 Å². The first-order valence-corrected chi connectivity index (χ1v) is 6.03. The predicted octanol–water partition coefficient (Wildman–Crippen LogP) is 3.33. The average Bonchev–Trinajstić information content (AvgIpc) is 2.41. The Labute approximate surface area is 83.1 Å². The summed E-state index contributed by atoms with van der Waals surface area (Å²) in [6, 6.07) is 0.468. The molecule has 1 aliphatic carbocycles. The maximum Gasteiger partial charge on any atom is 0.00645 e. The highest BCUT2D eigenvalue weighted by atomic mass is 14.6. The van der Waals surface area contributed by atoms with Gasteiger partial charge in [0.25, 0.3) is 0 Å². The van der Waals surface area contributed by atoms with Crippen molar-refractivity contribution in [2.24, 2.45) is 17.6 Å². The van der Waals surface area contributed by atoms with Crippen molar-refractivity contribution in [3.63, 3.8) is 0 Å². The number of hydrogen-bond donors (Lipinski definition) is 1. The van der Waals surface area contributed by atoms with E-state index in [1.165, 1.54) is 38.5 Å². The Morgan fingerprint density at radius 1 is 1.15 bits per heavy atom. The lowest BCUT2D eigenvalue weighted by atomic mass is 9.90. The van der Waals surface area contributed by atoms with Crippen LogP contribution >= 0.6 is 0 Å². The maximum atomic E-state index is 6.10. The second-order valence-corrected chi connectivity index (χ2v) is 4.61. The Hall–Kier alpha value is -0.0400. The molecule has 0 aromatic carbocycles. The van der Waals surface area contributed by atoms with Gasteiger partial charge < -0.3 is 5.73 Å². The maximum absolute atomic E-state index is 6.10.